The highest BCUT2D eigenvalue weighted by Crippen LogP contribution is 2.05. The molecule has 0 fully saturated rings. The predicted octanol–water partition coefficient (Wildman–Crippen LogP) is -2.46. The van der Waals surface area contributed by atoms with E-state index in [0.29, 0.717) is 26.2 Å². The first-order valence-corrected chi connectivity index (χ1v) is 7.40. The Labute approximate surface area is 137 Å². The summed E-state index contributed by atoms with van der Waals surface area (Å²) in [5.41, 5.74) is 5.45. The number of hydrogen-bond acceptors (Lipinski definition) is 7. The average Bonchev–Trinajstić information content (AvgIpc) is 2.89. The molecule has 2 aromatic rings. The fourth-order valence-corrected chi connectivity index (χ4v) is 2.04. The Hall–Kier alpha value is -2.95. The molecule has 0 radical (unpaired) electrons. The lowest BCUT2D eigenvalue weighted by Gasteiger charge is -2.08. The molecule has 24 heavy (non-hydrogen) atoms. The van der Waals surface area contributed by atoms with Crippen LogP contribution in [0.4, 0.5) is 5.95 Å². The number of nitrogens with zero attached hydrogens (tertiary/aromatic N) is 3. The van der Waals surface area contributed by atoms with E-state index in [1.165, 1.54) is 17.8 Å². The van der Waals surface area contributed by atoms with Crippen molar-refractivity contribution in [1.29, 1.82) is 0 Å². The lowest BCUT2D eigenvalue weighted by molar-refractivity contribution is -0.121. The number of hydrogen-bond donors (Lipinski definition) is 5. The van der Waals surface area contributed by atoms with Gasteiger partial charge in [-0.25, -0.2) is 4.98 Å². The monoisotopic (exact) mass is 336 g/mol. The predicted molar refractivity (Wildman–Crippen MR) is 87.1 cm³/mol. The fourth-order valence-electron chi connectivity index (χ4n) is 2.04. The zero-order chi connectivity index (χ0) is 17.5. The fraction of sp³-hybridized carbons (Fsp3) is 0.462. The Kier molecular flexibility index (Phi) is 5.84. The van der Waals surface area contributed by atoms with Gasteiger partial charge < -0.3 is 26.3 Å². The van der Waals surface area contributed by atoms with Crippen molar-refractivity contribution in [3.8, 4) is 0 Å². The molecule has 11 nitrogen and oxygen atoms in total. The van der Waals surface area contributed by atoms with Crippen LogP contribution in [0, 0.1) is 0 Å². The third kappa shape index (κ3) is 4.78. The third-order valence-electron chi connectivity index (χ3n) is 3.11. The maximum atomic E-state index is 11.9. The molecule has 2 aromatic heterocycles. The second-order valence-electron chi connectivity index (χ2n) is 5.08. The number of carbonyl (C=O) groups excluding carboxylic acids is 2. The molecule has 0 spiro atoms. The van der Waals surface area contributed by atoms with Gasteiger partial charge in [0.25, 0.3) is 5.56 Å². The first-order chi connectivity index (χ1) is 11.5. The van der Waals surface area contributed by atoms with Crippen molar-refractivity contribution < 1.29 is 9.59 Å². The summed E-state index contributed by atoms with van der Waals surface area (Å²) in [6.45, 7) is 3.59. The summed E-state index contributed by atoms with van der Waals surface area (Å²) in [7, 11) is 0. The summed E-state index contributed by atoms with van der Waals surface area (Å²) in [5.74, 6) is -0.345. The lowest BCUT2D eigenvalue weighted by Crippen LogP contribution is -2.36. The molecule has 130 valence electrons. The van der Waals surface area contributed by atoms with E-state index in [4.69, 9.17) is 5.73 Å². The number of nitrogens with two attached hydrogens (primary N) is 1. The molecule has 0 saturated heterocycles. The van der Waals surface area contributed by atoms with Crippen LogP contribution in [-0.4, -0.2) is 57.5 Å². The van der Waals surface area contributed by atoms with Crippen LogP contribution in [0.5, 0.6) is 0 Å². The topological polar surface area (TPSA) is 160 Å². The summed E-state index contributed by atoms with van der Waals surface area (Å²) < 4.78 is 1.46. The number of aromatic amines is 1. The number of rotatable bonds is 8. The number of fused-ring (bicyclic) bond motifs is 1. The minimum absolute atomic E-state index is 0.0156. The molecule has 0 aliphatic carbocycles. The highest BCUT2D eigenvalue weighted by atomic mass is 16.2. The van der Waals surface area contributed by atoms with Gasteiger partial charge in [0, 0.05) is 33.1 Å². The van der Waals surface area contributed by atoms with Gasteiger partial charge in [-0.2, -0.15) is 4.98 Å². The first-order valence-electron chi connectivity index (χ1n) is 7.40. The third-order valence-corrected chi connectivity index (χ3v) is 3.11. The highest BCUT2D eigenvalue weighted by Gasteiger charge is 2.11. The Morgan fingerprint density at radius 3 is 2.67 bits per heavy atom. The summed E-state index contributed by atoms with van der Waals surface area (Å²) in [6.07, 6.45) is 1.37. The van der Waals surface area contributed by atoms with Gasteiger partial charge in [0.15, 0.2) is 11.2 Å². The number of amides is 2. The van der Waals surface area contributed by atoms with Gasteiger partial charge in [-0.1, -0.05) is 0 Å². The zero-order valence-electron chi connectivity index (χ0n) is 13.3. The first kappa shape index (κ1) is 17.4. The number of carbonyl (C=O) groups is 2. The minimum atomic E-state index is -0.444. The molecule has 0 aliphatic rings. The molecule has 0 unspecified atom stereocenters. The second kappa shape index (κ2) is 8.06. The molecular formula is C13H20N8O3. The molecular weight excluding hydrogens is 316 g/mol. The maximum absolute atomic E-state index is 11.9. The molecule has 2 rings (SSSR count). The van der Waals surface area contributed by atoms with Crippen molar-refractivity contribution in [2.75, 3.05) is 31.9 Å². The highest BCUT2D eigenvalue weighted by molar-refractivity contribution is 5.78. The van der Waals surface area contributed by atoms with Crippen LogP contribution in [0.15, 0.2) is 11.1 Å². The quantitative estimate of drug-likeness (QED) is 0.334. The van der Waals surface area contributed by atoms with Crippen LogP contribution in [0.3, 0.4) is 0 Å². The average molecular weight is 336 g/mol. The maximum Gasteiger partial charge on any atom is 0.280 e. The van der Waals surface area contributed by atoms with Crippen molar-refractivity contribution >= 4 is 28.9 Å². The molecule has 0 bridgehead atoms. The summed E-state index contributed by atoms with van der Waals surface area (Å²) >= 11 is 0. The number of nitrogen functional groups attached to an aromatic ring is 1. The van der Waals surface area contributed by atoms with Crippen molar-refractivity contribution in [2.24, 2.45) is 0 Å². The van der Waals surface area contributed by atoms with Crippen molar-refractivity contribution in [3.05, 3.63) is 16.7 Å². The van der Waals surface area contributed by atoms with E-state index in [1.807, 2.05) is 0 Å². The van der Waals surface area contributed by atoms with Gasteiger partial charge in [-0.05, 0) is 0 Å². The SMILES string of the molecule is CC(=O)NCCNCCNC(=O)Cn1cnc2c(=O)[nH]c(N)nc21. The molecule has 0 saturated carbocycles. The molecule has 2 amide bonds. The normalized spacial score (nSPS) is 10.7. The lowest BCUT2D eigenvalue weighted by atomic mass is 10.5. The molecule has 0 aliphatic heterocycles. The molecule has 2 heterocycles. The van der Waals surface area contributed by atoms with Gasteiger partial charge >= 0.3 is 0 Å². The van der Waals surface area contributed by atoms with E-state index in [2.05, 4.69) is 30.9 Å². The Morgan fingerprint density at radius 2 is 1.96 bits per heavy atom. The largest absolute Gasteiger partial charge is 0.369 e. The van der Waals surface area contributed by atoms with Crippen LogP contribution in [0.25, 0.3) is 11.2 Å². The van der Waals surface area contributed by atoms with Crippen LogP contribution in [-0.2, 0) is 16.1 Å². The Morgan fingerprint density at radius 1 is 1.25 bits per heavy atom. The number of nitrogens with one attached hydrogen (secondary N) is 4. The molecule has 0 atom stereocenters. The molecule has 11 heteroatoms. The van der Waals surface area contributed by atoms with Crippen molar-refractivity contribution in [2.45, 2.75) is 13.5 Å². The van der Waals surface area contributed by atoms with E-state index in [-0.39, 0.29) is 35.5 Å². The number of imidazole rings is 1. The van der Waals surface area contributed by atoms with Crippen molar-refractivity contribution in [1.82, 2.24) is 35.5 Å². The van der Waals surface area contributed by atoms with Crippen LogP contribution >= 0.6 is 0 Å². The Balaban J connectivity index is 1.77. The van der Waals surface area contributed by atoms with E-state index in [0.717, 1.165) is 0 Å². The van der Waals surface area contributed by atoms with Crippen LogP contribution < -0.4 is 27.2 Å². The van der Waals surface area contributed by atoms with Gasteiger partial charge in [0.2, 0.25) is 17.8 Å². The standard InChI is InChI=1S/C13H20N8O3/c1-8(22)16-4-2-15-3-5-17-9(23)6-21-7-18-10-11(21)19-13(14)20-12(10)24/h7,15H,2-6H2,1H3,(H,16,22)(H,17,23)(H3,14,19,20,24). The number of anilines is 1. The van der Waals surface area contributed by atoms with E-state index >= 15 is 0 Å². The summed E-state index contributed by atoms with van der Waals surface area (Å²) in [4.78, 5) is 44.5. The summed E-state index contributed by atoms with van der Waals surface area (Å²) in [6, 6.07) is 0. The smallest absolute Gasteiger partial charge is 0.280 e. The van der Waals surface area contributed by atoms with Gasteiger partial charge in [0.05, 0.1) is 6.33 Å². The van der Waals surface area contributed by atoms with E-state index in [9.17, 15) is 14.4 Å². The molecule has 6 N–H and O–H groups in total. The van der Waals surface area contributed by atoms with Gasteiger partial charge in [-0.15, -0.1) is 0 Å². The van der Waals surface area contributed by atoms with Crippen molar-refractivity contribution in [3.63, 3.8) is 0 Å². The van der Waals surface area contributed by atoms with Gasteiger partial charge in [0.1, 0.15) is 6.54 Å². The zero-order valence-corrected chi connectivity index (χ0v) is 13.3. The second-order valence-corrected chi connectivity index (χ2v) is 5.08. The molecule has 0 aromatic carbocycles. The minimum Gasteiger partial charge on any atom is -0.369 e. The van der Waals surface area contributed by atoms with E-state index in [1.54, 1.807) is 0 Å². The van der Waals surface area contributed by atoms with Gasteiger partial charge in [-0.3, -0.25) is 19.4 Å². The number of aromatic nitrogens is 4. The van der Waals surface area contributed by atoms with Crippen LogP contribution in [0.1, 0.15) is 6.92 Å². The number of H-pyrrole nitrogens is 1. The van der Waals surface area contributed by atoms with E-state index < -0.39 is 5.56 Å². The Bertz CT molecular complexity index is 781. The van der Waals surface area contributed by atoms with Crippen LogP contribution in [0.2, 0.25) is 0 Å². The summed E-state index contributed by atoms with van der Waals surface area (Å²) in [5, 5.41) is 8.47.